The van der Waals surface area contributed by atoms with E-state index in [1.165, 1.54) is 13.8 Å². The summed E-state index contributed by atoms with van der Waals surface area (Å²) in [6.07, 6.45) is 1.64. The summed E-state index contributed by atoms with van der Waals surface area (Å²) in [6, 6.07) is 6.96. The first-order valence-electron chi connectivity index (χ1n) is 7.39. The predicted octanol–water partition coefficient (Wildman–Crippen LogP) is 1.84. The van der Waals surface area contributed by atoms with E-state index in [2.05, 4.69) is 10.6 Å². The third kappa shape index (κ3) is 4.31. The van der Waals surface area contributed by atoms with Crippen LogP contribution in [0.1, 0.15) is 26.7 Å². The van der Waals surface area contributed by atoms with Crippen LogP contribution in [0.2, 0.25) is 0 Å². The molecule has 1 saturated heterocycles. The number of nitrogens with zero attached hydrogens (tertiary/aromatic N) is 1. The second-order valence-corrected chi connectivity index (χ2v) is 5.55. The van der Waals surface area contributed by atoms with Gasteiger partial charge in [0.05, 0.1) is 5.92 Å². The number of carbonyl (C=O) groups excluding carboxylic acids is 3. The highest BCUT2D eigenvalue weighted by Crippen LogP contribution is 2.20. The minimum Gasteiger partial charge on any atom is -0.342 e. The molecule has 22 heavy (non-hydrogen) atoms. The third-order valence-corrected chi connectivity index (χ3v) is 3.71. The zero-order valence-corrected chi connectivity index (χ0v) is 12.9. The average molecular weight is 303 g/mol. The van der Waals surface area contributed by atoms with Crippen molar-refractivity contribution in [1.82, 2.24) is 4.90 Å². The molecule has 1 aromatic rings. The number of anilines is 2. The molecule has 1 aliphatic heterocycles. The molecule has 0 radical (unpaired) electrons. The van der Waals surface area contributed by atoms with Crippen LogP contribution in [0.3, 0.4) is 0 Å². The Morgan fingerprint density at radius 1 is 1.05 bits per heavy atom. The molecule has 2 N–H and O–H groups in total. The monoisotopic (exact) mass is 303 g/mol. The molecule has 6 heteroatoms. The van der Waals surface area contributed by atoms with E-state index in [9.17, 15) is 14.4 Å². The summed E-state index contributed by atoms with van der Waals surface area (Å²) >= 11 is 0. The molecule has 0 saturated carbocycles. The molecule has 1 atom stereocenters. The summed E-state index contributed by atoms with van der Waals surface area (Å²) in [7, 11) is 0. The Kier molecular flexibility index (Phi) is 5.14. The standard InChI is InChI=1S/C16H21N3O3/c1-11(20)17-14-5-7-15(8-6-14)18-16(22)13-4-3-9-19(10-13)12(2)21/h5-8,13H,3-4,9-10H2,1-2H3,(H,17,20)(H,18,22)/t13-/m1/s1. The average Bonchev–Trinajstić information content (AvgIpc) is 2.49. The number of carbonyl (C=O) groups is 3. The molecule has 6 nitrogen and oxygen atoms in total. The predicted molar refractivity (Wildman–Crippen MR) is 84.4 cm³/mol. The summed E-state index contributed by atoms with van der Waals surface area (Å²) in [5.74, 6) is -0.369. The van der Waals surface area contributed by atoms with E-state index in [0.29, 0.717) is 17.9 Å². The first-order valence-corrected chi connectivity index (χ1v) is 7.39. The molecule has 1 aliphatic rings. The lowest BCUT2D eigenvalue weighted by atomic mass is 9.97. The SMILES string of the molecule is CC(=O)Nc1ccc(NC(=O)[C@@H]2CCCN(C(C)=O)C2)cc1. The molecule has 3 amide bonds. The first-order chi connectivity index (χ1) is 10.5. The molecule has 1 fully saturated rings. The van der Waals surface area contributed by atoms with Gasteiger partial charge in [0, 0.05) is 38.3 Å². The summed E-state index contributed by atoms with van der Waals surface area (Å²) in [5.41, 5.74) is 1.37. The van der Waals surface area contributed by atoms with Crippen molar-refractivity contribution in [2.45, 2.75) is 26.7 Å². The van der Waals surface area contributed by atoms with Crippen molar-refractivity contribution in [3.05, 3.63) is 24.3 Å². The lowest BCUT2D eigenvalue weighted by Crippen LogP contribution is -2.42. The molecule has 0 spiro atoms. The molecule has 2 rings (SSSR count). The van der Waals surface area contributed by atoms with E-state index in [1.54, 1.807) is 29.2 Å². The van der Waals surface area contributed by atoms with Crippen LogP contribution < -0.4 is 10.6 Å². The molecule has 118 valence electrons. The van der Waals surface area contributed by atoms with Crippen LogP contribution in [-0.2, 0) is 14.4 Å². The van der Waals surface area contributed by atoms with E-state index < -0.39 is 0 Å². The number of amides is 3. The van der Waals surface area contributed by atoms with Crippen LogP contribution in [0.5, 0.6) is 0 Å². The van der Waals surface area contributed by atoms with Gasteiger partial charge in [0.15, 0.2) is 0 Å². The van der Waals surface area contributed by atoms with Crippen molar-refractivity contribution in [3.8, 4) is 0 Å². The molecule has 0 unspecified atom stereocenters. The van der Waals surface area contributed by atoms with E-state index in [-0.39, 0.29) is 23.6 Å². The van der Waals surface area contributed by atoms with Gasteiger partial charge in [0.25, 0.3) is 0 Å². The topological polar surface area (TPSA) is 78.5 Å². The maximum atomic E-state index is 12.3. The van der Waals surface area contributed by atoms with Crippen LogP contribution >= 0.6 is 0 Å². The van der Waals surface area contributed by atoms with Crippen LogP contribution in [0.25, 0.3) is 0 Å². The number of benzene rings is 1. The van der Waals surface area contributed by atoms with Gasteiger partial charge in [-0.15, -0.1) is 0 Å². The van der Waals surface area contributed by atoms with E-state index in [4.69, 9.17) is 0 Å². The highest BCUT2D eigenvalue weighted by molar-refractivity contribution is 5.94. The number of piperidine rings is 1. The van der Waals surface area contributed by atoms with Gasteiger partial charge in [-0.2, -0.15) is 0 Å². The molecular weight excluding hydrogens is 282 g/mol. The van der Waals surface area contributed by atoms with Gasteiger partial charge >= 0.3 is 0 Å². The van der Waals surface area contributed by atoms with Crippen molar-refractivity contribution in [2.24, 2.45) is 5.92 Å². The Morgan fingerprint density at radius 2 is 1.64 bits per heavy atom. The summed E-state index contributed by atoms with van der Waals surface area (Å²) < 4.78 is 0. The van der Waals surface area contributed by atoms with Gasteiger partial charge in [-0.25, -0.2) is 0 Å². The zero-order valence-electron chi connectivity index (χ0n) is 12.9. The quantitative estimate of drug-likeness (QED) is 0.894. The second-order valence-electron chi connectivity index (χ2n) is 5.55. The van der Waals surface area contributed by atoms with Gasteiger partial charge < -0.3 is 15.5 Å². The fraction of sp³-hybridized carbons (Fsp3) is 0.438. The van der Waals surface area contributed by atoms with Crippen molar-refractivity contribution < 1.29 is 14.4 Å². The number of nitrogens with one attached hydrogen (secondary N) is 2. The zero-order chi connectivity index (χ0) is 16.1. The highest BCUT2D eigenvalue weighted by atomic mass is 16.2. The van der Waals surface area contributed by atoms with Crippen LogP contribution in [-0.4, -0.2) is 35.7 Å². The van der Waals surface area contributed by atoms with Gasteiger partial charge in [-0.1, -0.05) is 0 Å². The number of likely N-dealkylation sites (tertiary alicyclic amines) is 1. The molecule has 1 heterocycles. The fourth-order valence-corrected chi connectivity index (χ4v) is 2.56. The Balaban J connectivity index is 1.93. The van der Waals surface area contributed by atoms with Gasteiger partial charge in [-0.3, -0.25) is 14.4 Å². The number of rotatable bonds is 3. The summed E-state index contributed by atoms with van der Waals surface area (Å²) in [4.78, 5) is 36.4. The Bertz CT molecular complexity index is 569. The van der Waals surface area contributed by atoms with Gasteiger partial charge in [0.2, 0.25) is 17.7 Å². The molecular formula is C16H21N3O3. The highest BCUT2D eigenvalue weighted by Gasteiger charge is 2.26. The van der Waals surface area contributed by atoms with Gasteiger partial charge in [0.1, 0.15) is 0 Å². The van der Waals surface area contributed by atoms with Crippen molar-refractivity contribution in [2.75, 3.05) is 23.7 Å². The molecule has 1 aromatic carbocycles. The van der Waals surface area contributed by atoms with E-state index >= 15 is 0 Å². The lowest BCUT2D eigenvalue weighted by molar-refractivity contribution is -0.132. The Labute approximate surface area is 129 Å². The van der Waals surface area contributed by atoms with E-state index in [0.717, 1.165) is 19.4 Å². The smallest absolute Gasteiger partial charge is 0.229 e. The molecule has 0 bridgehead atoms. The minimum atomic E-state index is -0.173. The number of hydrogen-bond acceptors (Lipinski definition) is 3. The Hall–Kier alpha value is -2.37. The van der Waals surface area contributed by atoms with Crippen molar-refractivity contribution >= 4 is 29.1 Å². The largest absolute Gasteiger partial charge is 0.342 e. The summed E-state index contributed by atoms with van der Waals surface area (Å²) in [5, 5.41) is 5.53. The number of hydrogen-bond donors (Lipinski definition) is 2. The molecule has 0 aliphatic carbocycles. The Morgan fingerprint density at radius 3 is 2.18 bits per heavy atom. The van der Waals surface area contributed by atoms with Crippen LogP contribution in [0.4, 0.5) is 11.4 Å². The van der Waals surface area contributed by atoms with Crippen molar-refractivity contribution in [1.29, 1.82) is 0 Å². The van der Waals surface area contributed by atoms with E-state index in [1.807, 2.05) is 0 Å². The maximum absolute atomic E-state index is 12.3. The van der Waals surface area contributed by atoms with Crippen LogP contribution in [0.15, 0.2) is 24.3 Å². The molecule has 0 aromatic heterocycles. The van der Waals surface area contributed by atoms with Crippen molar-refractivity contribution in [3.63, 3.8) is 0 Å². The fourth-order valence-electron chi connectivity index (χ4n) is 2.56. The maximum Gasteiger partial charge on any atom is 0.229 e. The normalized spacial score (nSPS) is 17.7. The first kappa shape index (κ1) is 16.0. The third-order valence-electron chi connectivity index (χ3n) is 3.71. The van der Waals surface area contributed by atoms with Gasteiger partial charge in [-0.05, 0) is 37.1 Å². The summed E-state index contributed by atoms with van der Waals surface area (Å²) in [6.45, 7) is 4.18. The second kappa shape index (κ2) is 7.06. The minimum absolute atomic E-state index is 0.0113. The van der Waals surface area contributed by atoms with Crippen LogP contribution in [0, 0.1) is 5.92 Å². The lowest BCUT2D eigenvalue weighted by Gasteiger charge is -2.31.